The molecule has 1 fully saturated rings. The van der Waals surface area contributed by atoms with Gasteiger partial charge in [0.2, 0.25) is 0 Å². The van der Waals surface area contributed by atoms with Crippen LogP contribution < -0.4 is 0 Å². The number of carbonyl (C=O) groups is 1. The lowest BCUT2D eigenvalue weighted by Gasteiger charge is -2.11. The van der Waals surface area contributed by atoms with Crippen molar-refractivity contribution in [2.75, 3.05) is 6.54 Å². The number of carbonyl (C=O) groups excluding carboxylic acids is 1. The number of benzene rings is 2. The van der Waals surface area contributed by atoms with E-state index in [-0.39, 0.29) is 5.91 Å². The largest absolute Gasteiger partial charge is 0.342 e. The second-order valence-corrected chi connectivity index (χ2v) is 8.72. The number of rotatable bonds is 5. The molecule has 5 heteroatoms. The Kier molecular flexibility index (Phi) is 5.38. The van der Waals surface area contributed by atoms with Crippen LogP contribution in [0.3, 0.4) is 0 Å². The standard InChI is InChI=1S/C23H22N2OS2/c1-3-12-25-22(26)21(28-23(25)27)13-18-15-24(20-7-5-4-6-19(18)20)14-17-10-8-16(2)9-11-17/h4-11,13,15H,3,12,14H2,1-2H3. The summed E-state index contributed by atoms with van der Waals surface area (Å²) in [5.74, 6) is 0.0206. The van der Waals surface area contributed by atoms with Gasteiger partial charge in [0.05, 0.1) is 4.91 Å². The first kappa shape index (κ1) is 19.0. The van der Waals surface area contributed by atoms with E-state index in [0.717, 1.165) is 23.9 Å². The van der Waals surface area contributed by atoms with Crippen LogP contribution in [0.5, 0.6) is 0 Å². The fourth-order valence-corrected chi connectivity index (χ4v) is 4.77. The van der Waals surface area contributed by atoms with Gasteiger partial charge in [-0.15, -0.1) is 0 Å². The van der Waals surface area contributed by atoms with Crippen molar-refractivity contribution < 1.29 is 4.79 Å². The predicted octanol–water partition coefficient (Wildman–Crippen LogP) is 5.61. The summed E-state index contributed by atoms with van der Waals surface area (Å²) >= 11 is 6.80. The second kappa shape index (κ2) is 7.94. The molecule has 0 saturated carbocycles. The number of aryl methyl sites for hydroxylation is 1. The van der Waals surface area contributed by atoms with Crippen molar-refractivity contribution in [3.63, 3.8) is 0 Å². The van der Waals surface area contributed by atoms with E-state index in [9.17, 15) is 4.79 Å². The molecule has 1 aromatic heterocycles. The molecule has 3 nitrogen and oxygen atoms in total. The number of hydrogen-bond acceptors (Lipinski definition) is 3. The van der Waals surface area contributed by atoms with E-state index >= 15 is 0 Å². The summed E-state index contributed by atoms with van der Waals surface area (Å²) < 4.78 is 2.90. The molecule has 0 aliphatic carbocycles. The average Bonchev–Trinajstić information content (AvgIpc) is 3.17. The Morgan fingerprint density at radius 3 is 2.61 bits per heavy atom. The zero-order valence-electron chi connectivity index (χ0n) is 16.0. The summed E-state index contributed by atoms with van der Waals surface area (Å²) in [6, 6.07) is 16.9. The van der Waals surface area contributed by atoms with Gasteiger partial charge in [-0.1, -0.05) is 78.9 Å². The molecule has 1 aliphatic rings. The van der Waals surface area contributed by atoms with E-state index < -0.39 is 0 Å². The third-order valence-corrected chi connectivity index (χ3v) is 6.28. The van der Waals surface area contributed by atoms with Crippen molar-refractivity contribution in [2.45, 2.75) is 26.8 Å². The molecule has 0 radical (unpaired) electrons. The fraction of sp³-hybridized carbons (Fsp3) is 0.217. The smallest absolute Gasteiger partial charge is 0.266 e. The fourth-order valence-electron chi connectivity index (χ4n) is 3.47. The maximum atomic E-state index is 12.7. The van der Waals surface area contributed by atoms with Crippen molar-refractivity contribution in [1.29, 1.82) is 0 Å². The average molecular weight is 407 g/mol. The number of fused-ring (bicyclic) bond motifs is 1. The van der Waals surface area contributed by atoms with E-state index in [0.29, 0.717) is 15.8 Å². The van der Waals surface area contributed by atoms with Crippen LogP contribution in [0.25, 0.3) is 17.0 Å². The highest BCUT2D eigenvalue weighted by atomic mass is 32.2. The van der Waals surface area contributed by atoms with Gasteiger partial charge >= 0.3 is 0 Å². The molecule has 2 aromatic carbocycles. The lowest BCUT2D eigenvalue weighted by Crippen LogP contribution is -2.28. The molecule has 4 rings (SSSR count). The van der Waals surface area contributed by atoms with Crippen LogP contribution in [-0.4, -0.2) is 26.2 Å². The Labute approximate surface area is 175 Å². The zero-order chi connectivity index (χ0) is 19.7. The molecule has 28 heavy (non-hydrogen) atoms. The van der Waals surface area contributed by atoms with Gasteiger partial charge in [-0.3, -0.25) is 9.69 Å². The minimum absolute atomic E-state index is 0.0206. The monoisotopic (exact) mass is 406 g/mol. The third-order valence-electron chi connectivity index (χ3n) is 4.90. The van der Waals surface area contributed by atoms with Crippen molar-refractivity contribution in [1.82, 2.24) is 9.47 Å². The molecule has 1 aliphatic heterocycles. The van der Waals surface area contributed by atoms with Crippen LogP contribution in [-0.2, 0) is 11.3 Å². The molecular formula is C23H22N2OS2. The number of hydrogen-bond donors (Lipinski definition) is 0. The number of para-hydroxylation sites is 1. The first-order valence-corrected chi connectivity index (χ1v) is 10.7. The van der Waals surface area contributed by atoms with Gasteiger partial charge in [0.25, 0.3) is 5.91 Å². The molecule has 1 saturated heterocycles. The highest BCUT2D eigenvalue weighted by Crippen LogP contribution is 2.34. The highest BCUT2D eigenvalue weighted by molar-refractivity contribution is 8.26. The second-order valence-electron chi connectivity index (χ2n) is 7.05. The van der Waals surface area contributed by atoms with Crippen LogP contribution in [0.2, 0.25) is 0 Å². The Morgan fingerprint density at radius 2 is 1.86 bits per heavy atom. The van der Waals surface area contributed by atoms with Crippen LogP contribution in [0, 0.1) is 6.92 Å². The predicted molar refractivity (Wildman–Crippen MR) is 122 cm³/mol. The summed E-state index contributed by atoms with van der Waals surface area (Å²) in [5.41, 5.74) is 4.74. The summed E-state index contributed by atoms with van der Waals surface area (Å²) in [6.45, 7) is 5.63. The summed E-state index contributed by atoms with van der Waals surface area (Å²) in [4.78, 5) is 15.1. The molecule has 0 N–H and O–H groups in total. The number of aromatic nitrogens is 1. The van der Waals surface area contributed by atoms with Crippen molar-refractivity contribution >= 4 is 51.2 Å². The Morgan fingerprint density at radius 1 is 1.11 bits per heavy atom. The zero-order valence-corrected chi connectivity index (χ0v) is 17.6. The summed E-state index contributed by atoms with van der Waals surface area (Å²) in [5, 5.41) is 1.15. The molecule has 2 heterocycles. The lowest BCUT2D eigenvalue weighted by atomic mass is 10.1. The molecule has 3 aromatic rings. The highest BCUT2D eigenvalue weighted by Gasteiger charge is 2.31. The van der Waals surface area contributed by atoms with E-state index in [4.69, 9.17) is 12.2 Å². The number of thioether (sulfide) groups is 1. The third kappa shape index (κ3) is 3.64. The maximum Gasteiger partial charge on any atom is 0.266 e. The van der Waals surface area contributed by atoms with Gasteiger partial charge in [-0.25, -0.2) is 0 Å². The molecule has 0 atom stereocenters. The van der Waals surface area contributed by atoms with Crippen molar-refractivity contribution in [3.05, 3.63) is 76.3 Å². The molecule has 1 amide bonds. The van der Waals surface area contributed by atoms with E-state index in [1.165, 1.54) is 28.4 Å². The van der Waals surface area contributed by atoms with Gasteiger partial charge in [-0.2, -0.15) is 0 Å². The number of thiocarbonyl (C=S) groups is 1. The van der Waals surface area contributed by atoms with Gasteiger partial charge < -0.3 is 4.57 Å². The Bertz CT molecular complexity index is 1080. The quantitative estimate of drug-likeness (QED) is 0.407. The van der Waals surface area contributed by atoms with Crippen molar-refractivity contribution in [3.8, 4) is 0 Å². The molecular weight excluding hydrogens is 384 g/mol. The lowest BCUT2D eigenvalue weighted by molar-refractivity contribution is -0.122. The van der Waals surface area contributed by atoms with Crippen LogP contribution in [0.1, 0.15) is 30.0 Å². The SMILES string of the molecule is CCCN1C(=O)C(=Cc2cn(Cc3ccc(C)cc3)c3ccccc23)SC1=S. The van der Waals surface area contributed by atoms with Crippen LogP contribution >= 0.6 is 24.0 Å². The van der Waals surface area contributed by atoms with E-state index in [1.807, 2.05) is 12.1 Å². The summed E-state index contributed by atoms with van der Waals surface area (Å²) in [6.07, 6.45) is 5.02. The van der Waals surface area contributed by atoms with Crippen LogP contribution in [0.4, 0.5) is 0 Å². The first-order chi connectivity index (χ1) is 13.6. The van der Waals surface area contributed by atoms with Crippen molar-refractivity contribution in [2.24, 2.45) is 0 Å². The van der Waals surface area contributed by atoms with E-state index in [2.05, 4.69) is 67.1 Å². The molecule has 0 unspecified atom stereocenters. The normalized spacial score (nSPS) is 15.9. The molecule has 0 bridgehead atoms. The molecule has 0 spiro atoms. The number of amides is 1. The Hall–Kier alpha value is -2.37. The minimum Gasteiger partial charge on any atom is -0.342 e. The minimum atomic E-state index is 0.0206. The Balaban J connectivity index is 1.71. The topological polar surface area (TPSA) is 25.2 Å². The number of nitrogens with zero attached hydrogens (tertiary/aromatic N) is 2. The maximum absolute atomic E-state index is 12.7. The first-order valence-electron chi connectivity index (χ1n) is 9.45. The van der Waals surface area contributed by atoms with Gasteiger partial charge in [0.15, 0.2) is 0 Å². The van der Waals surface area contributed by atoms with E-state index in [1.54, 1.807) is 4.90 Å². The van der Waals surface area contributed by atoms with Crippen LogP contribution in [0.15, 0.2) is 59.6 Å². The van der Waals surface area contributed by atoms with Gasteiger partial charge in [-0.05, 0) is 31.1 Å². The molecule has 142 valence electrons. The van der Waals surface area contributed by atoms with Gasteiger partial charge in [0, 0.05) is 35.8 Å². The van der Waals surface area contributed by atoms with Gasteiger partial charge in [0.1, 0.15) is 4.32 Å². The summed E-state index contributed by atoms with van der Waals surface area (Å²) in [7, 11) is 0.